The van der Waals surface area contributed by atoms with E-state index in [0.29, 0.717) is 5.56 Å². The smallest absolute Gasteiger partial charge is 0.339 e. The van der Waals surface area contributed by atoms with E-state index in [2.05, 4.69) is 0 Å². The molecule has 4 nitrogen and oxygen atoms in total. The van der Waals surface area contributed by atoms with Gasteiger partial charge in [-0.25, -0.2) is 4.79 Å². The van der Waals surface area contributed by atoms with Gasteiger partial charge in [0.15, 0.2) is 6.10 Å². The molecular weight excluding hydrogens is 232 g/mol. The molecule has 1 aromatic carbocycles. The second-order valence-corrected chi connectivity index (χ2v) is 4.78. The molecule has 100 valence electrons. The number of benzene rings is 1. The summed E-state index contributed by atoms with van der Waals surface area (Å²) in [6.45, 7) is 5.54. The summed E-state index contributed by atoms with van der Waals surface area (Å²) in [4.78, 5) is 11.6. The molecule has 1 aromatic rings. The molecule has 1 atom stereocenters. The predicted octanol–water partition coefficient (Wildman–Crippen LogP) is 1.55. The Hall–Kier alpha value is -1.39. The van der Waals surface area contributed by atoms with E-state index in [4.69, 9.17) is 4.74 Å². The quantitative estimate of drug-likeness (QED) is 0.780. The van der Waals surface area contributed by atoms with E-state index in [1.807, 2.05) is 19.9 Å². The molecule has 18 heavy (non-hydrogen) atoms. The van der Waals surface area contributed by atoms with Crippen molar-refractivity contribution in [2.75, 3.05) is 13.2 Å². The second kappa shape index (κ2) is 5.98. The van der Waals surface area contributed by atoms with Gasteiger partial charge < -0.3 is 14.9 Å². The molecule has 0 aromatic heterocycles. The summed E-state index contributed by atoms with van der Waals surface area (Å²) in [6, 6.07) is 7.03. The van der Waals surface area contributed by atoms with Gasteiger partial charge in [-0.1, -0.05) is 38.1 Å². The largest absolute Gasteiger partial charge is 0.464 e. The highest BCUT2D eigenvalue weighted by molar-refractivity contribution is 5.77. The normalized spacial score (nSPS) is 13.2. The molecule has 0 aliphatic carbocycles. The van der Waals surface area contributed by atoms with E-state index in [-0.39, 0.29) is 13.2 Å². The number of rotatable bonds is 5. The van der Waals surface area contributed by atoms with Gasteiger partial charge in [0.1, 0.15) is 0 Å². The summed E-state index contributed by atoms with van der Waals surface area (Å²) in [5.41, 5.74) is 0.701. The van der Waals surface area contributed by atoms with Crippen molar-refractivity contribution in [1.82, 2.24) is 0 Å². The van der Waals surface area contributed by atoms with Crippen LogP contribution in [-0.4, -0.2) is 29.4 Å². The van der Waals surface area contributed by atoms with Gasteiger partial charge in [0.05, 0.1) is 13.2 Å². The van der Waals surface area contributed by atoms with Crippen LogP contribution in [-0.2, 0) is 14.9 Å². The Balaban J connectivity index is 3.13. The Morgan fingerprint density at radius 1 is 1.39 bits per heavy atom. The lowest BCUT2D eigenvalue weighted by Gasteiger charge is -2.26. The van der Waals surface area contributed by atoms with Crippen LogP contribution in [0.4, 0.5) is 0 Å². The molecular formula is C14H20O4. The molecule has 0 saturated carbocycles. The lowest BCUT2D eigenvalue weighted by Crippen LogP contribution is -2.26. The molecule has 1 unspecified atom stereocenters. The molecule has 0 saturated heterocycles. The number of carbonyl (C=O) groups excluding carboxylic acids is 1. The molecule has 2 N–H and O–H groups in total. The fourth-order valence-corrected chi connectivity index (χ4v) is 1.79. The van der Waals surface area contributed by atoms with Gasteiger partial charge >= 0.3 is 5.97 Å². The molecule has 0 fully saturated rings. The standard InChI is InChI=1S/C14H20O4/c1-4-18-13(17)12(16)10-7-5-6-8-11(10)14(2,3)9-15/h5-8,12,15-16H,4,9H2,1-3H3. The van der Waals surface area contributed by atoms with E-state index in [9.17, 15) is 15.0 Å². The first-order valence-corrected chi connectivity index (χ1v) is 5.99. The maximum absolute atomic E-state index is 11.6. The summed E-state index contributed by atoms with van der Waals surface area (Å²) < 4.78 is 4.81. The topological polar surface area (TPSA) is 66.8 Å². The van der Waals surface area contributed by atoms with Crippen LogP contribution in [0, 0.1) is 0 Å². The van der Waals surface area contributed by atoms with E-state index in [0.717, 1.165) is 5.56 Å². The van der Waals surface area contributed by atoms with Crippen molar-refractivity contribution in [1.29, 1.82) is 0 Å². The minimum atomic E-state index is -1.31. The Kier molecular flexibility index (Phi) is 4.87. The number of aliphatic hydroxyl groups excluding tert-OH is 2. The van der Waals surface area contributed by atoms with E-state index >= 15 is 0 Å². The summed E-state index contributed by atoms with van der Waals surface area (Å²) >= 11 is 0. The fourth-order valence-electron chi connectivity index (χ4n) is 1.79. The van der Waals surface area contributed by atoms with Crippen LogP contribution < -0.4 is 0 Å². The molecule has 4 heteroatoms. The summed E-state index contributed by atoms with van der Waals surface area (Å²) in [7, 11) is 0. The van der Waals surface area contributed by atoms with Crippen molar-refractivity contribution >= 4 is 5.97 Å². The highest BCUT2D eigenvalue weighted by atomic mass is 16.5. The Morgan fingerprint density at radius 3 is 2.56 bits per heavy atom. The van der Waals surface area contributed by atoms with Crippen LogP contribution in [0.15, 0.2) is 24.3 Å². The van der Waals surface area contributed by atoms with E-state index < -0.39 is 17.5 Å². The van der Waals surface area contributed by atoms with Crippen LogP contribution in [0.3, 0.4) is 0 Å². The molecule has 0 amide bonds. The third kappa shape index (κ3) is 3.09. The molecule has 0 aliphatic rings. The molecule has 1 rings (SSSR count). The van der Waals surface area contributed by atoms with Crippen LogP contribution >= 0.6 is 0 Å². The molecule has 0 heterocycles. The van der Waals surface area contributed by atoms with Crippen LogP contribution in [0.25, 0.3) is 0 Å². The van der Waals surface area contributed by atoms with Crippen LogP contribution in [0.1, 0.15) is 38.0 Å². The minimum absolute atomic E-state index is 0.0699. The van der Waals surface area contributed by atoms with Gasteiger partial charge in [-0.2, -0.15) is 0 Å². The Labute approximate surface area is 107 Å². The first-order chi connectivity index (χ1) is 8.44. The van der Waals surface area contributed by atoms with Crippen LogP contribution in [0.5, 0.6) is 0 Å². The molecule has 0 aliphatic heterocycles. The van der Waals surface area contributed by atoms with Gasteiger partial charge in [-0.05, 0) is 18.1 Å². The highest BCUT2D eigenvalue weighted by Crippen LogP contribution is 2.30. The van der Waals surface area contributed by atoms with Crippen molar-refractivity contribution in [3.05, 3.63) is 35.4 Å². The van der Waals surface area contributed by atoms with Gasteiger partial charge in [-0.3, -0.25) is 0 Å². The zero-order valence-electron chi connectivity index (χ0n) is 11.0. The average molecular weight is 252 g/mol. The monoisotopic (exact) mass is 252 g/mol. The summed E-state index contributed by atoms with van der Waals surface area (Å²) in [5.74, 6) is -0.668. The van der Waals surface area contributed by atoms with Gasteiger partial charge in [-0.15, -0.1) is 0 Å². The molecule has 0 bridgehead atoms. The maximum atomic E-state index is 11.6. The third-order valence-corrected chi connectivity index (χ3v) is 2.89. The highest BCUT2D eigenvalue weighted by Gasteiger charge is 2.28. The first kappa shape index (κ1) is 14.7. The SMILES string of the molecule is CCOC(=O)C(O)c1ccccc1C(C)(C)CO. The average Bonchev–Trinajstić information content (AvgIpc) is 2.38. The minimum Gasteiger partial charge on any atom is -0.464 e. The fraction of sp³-hybridized carbons (Fsp3) is 0.500. The van der Waals surface area contributed by atoms with Crippen molar-refractivity contribution in [3.8, 4) is 0 Å². The first-order valence-electron chi connectivity index (χ1n) is 5.99. The lowest BCUT2D eigenvalue weighted by atomic mass is 9.81. The van der Waals surface area contributed by atoms with Crippen molar-refractivity contribution in [3.63, 3.8) is 0 Å². The summed E-state index contributed by atoms with van der Waals surface area (Å²) in [6.07, 6.45) is -1.31. The van der Waals surface area contributed by atoms with Gasteiger partial charge in [0.25, 0.3) is 0 Å². The van der Waals surface area contributed by atoms with Crippen molar-refractivity contribution in [2.45, 2.75) is 32.3 Å². The zero-order valence-corrected chi connectivity index (χ0v) is 11.0. The van der Waals surface area contributed by atoms with Crippen molar-refractivity contribution in [2.24, 2.45) is 0 Å². The number of esters is 1. The Bertz CT molecular complexity index is 412. The van der Waals surface area contributed by atoms with Crippen LogP contribution in [0.2, 0.25) is 0 Å². The number of hydrogen-bond donors (Lipinski definition) is 2. The van der Waals surface area contributed by atoms with Gasteiger partial charge in [0, 0.05) is 5.41 Å². The maximum Gasteiger partial charge on any atom is 0.339 e. The second-order valence-electron chi connectivity index (χ2n) is 4.78. The Morgan fingerprint density at radius 2 is 2.00 bits per heavy atom. The number of hydrogen-bond acceptors (Lipinski definition) is 4. The van der Waals surface area contributed by atoms with Gasteiger partial charge in [0.2, 0.25) is 0 Å². The summed E-state index contributed by atoms with van der Waals surface area (Å²) in [5, 5.41) is 19.4. The zero-order chi connectivity index (χ0) is 13.8. The molecule has 0 spiro atoms. The van der Waals surface area contributed by atoms with E-state index in [1.165, 1.54) is 0 Å². The number of ether oxygens (including phenoxy) is 1. The number of aliphatic hydroxyl groups is 2. The predicted molar refractivity (Wildman–Crippen MR) is 68.1 cm³/mol. The van der Waals surface area contributed by atoms with Crippen molar-refractivity contribution < 1.29 is 19.7 Å². The lowest BCUT2D eigenvalue weighted by molar-refractivity contribution is -0.153. The third-order valence-electron chi connectivity index (χ3n) is 2.89. The number of carbonyl (C=O) groups is 1. The van der Waals surface area contributed by atoms with E-state index in [1.54, 1.807) is 25.1 Å². The molecule has 0 radical (unpaired) electrons.